The third-order valence-corrected chi connectivity index (χ3v) is 7.03. The third kappa shape index (κ3) is 7.43. The number of carbonyl (C=O) groups excluding carboxylic acids is 1. The summed E-state index contributed by atoms with van der Waals surface area (Å²) in [7, 11) is -6.83. The minimum absolute atomic E-state index is 0.0238. The fourth-order valence-electron chi connectivity index (χ4n) is 2.10. The van der Waals surface area contributed by atoms with Crippen LogP contribution in [0.25, 0.3) is 0 Å². The van der Waals surface area contributed by atoms with Crippen LogP contribution in [0.5, 0.6) is 0 Å². The number of rotatable bonds is 9. The van der Waals surface area contributed by atoms with Gasteiger partial charge in [0.05, 0.1) is 10.6 Å². The fraction of sp³-hybridized carbons (Fsp3) is 0.588. The Morgan fingerprint density at radius 1 is 1.00 bits per heavy atom. The van der Waals surface area contributed by atoms with E-state index in [1.807, 2.05) is 20.8 Å². The molecular weight excluding hydrogens is 376 g/mol. The molecule has 7 nitrogen and oxygen atoms in total. The van der Waals surface area contributed by atoms with E-state index in [0.717, 1.165) is 5.56 Å². The average Bonchev–Trinajstić information content (AvgIpc) is 2.54. The lowest BCUT2D eigenvalue weighted by atomic mass is 9.87. The lowest BCUT2D eigenvalue weighted by molar-refractivity contribution is -0.120. The van der Waals surface area contributed by atoms with Crippen molar-refractivity contribution in [1.29, 1.82) is 0 Å². The summed E-state index contributed by atoms with van der Waals surface area (Å²) in [6.45, 7) is 7.63. The van der Waals surface area contributed by atoms with Gasteiger partial charge in [-0.2, -0.15) is 0 Å². The van der Waals surface area contributed by atoms with E-state index in [1.54, 1.807) is 31.2 Å². The van der Waals surface area contributed by atoms with E-state index in [1.165, 1.54) is 0 Å². The molecule has 0 radical (unpaired) electrons. The molecule has 2 N–H and O–H groups in total. The highest BCUT2D eigenvalue weighted by molar-refractivity contribution is 7.91. The van der Waals surface area contributed by atoms with Crippen LogP contribution in [-0.4, -0.2) is 47.3 Å². The van der Waals surface area contributed by atoms with Crippen LogP contribution < -0.4 is 10.0 Å². The van der Waals surface area contributed by atoms with E-state index >= 15 is 0 Å². The number of sulfone groups is 1. The first-order chi connectivity index (χ1) is 11.9. The summed E-state index contributed by atoms with van der Waals surface area (Å²) in [4.78, 5) is 11.8. The Bertz CT molecular complexity index is 808. The molecule has 1 rings (SSSR count). The molecule has 0 fully saturated rings. The summed E-state index contributed by atoms with van der Waals surface area (Å²) in [6.07, 6.45) is -0.0640. The van der Waals surface area contributed by atoms with Gasteiger partial charge in [0.25, 0.3) is 0 Å². The number of hydrogen-bond donors (Lipinski definition) is 2. The largest absolute Gasteiger partial charge is 0.355 e. The quantitative estimate of drug-likeness (QED) is 0.643. The van der Waals surface area contributed by atoms with Crippen LogP contribution in [0.3, 0.4) is 0 Å². The number of amides is 1. The summed E-state index contributed by atoms with van der Waals surface area (Å²) in [5.41, 5.74) is 0.955. The van der Waals surface area contributed by atoms with Crippen LogP contribution in [-0.2, 0) is 30.1 Å². The molecule has 1 amide bonds. The van der Waals surface area contributed by atoms with Gasteiger partial charge in [-0.3, -0.25) is 4.79 Å². The molecule has 0 aliphatic rings. The first kappa shape index (κ1) is 22.6. The van der Waals surface area contributed by atoms with Gasteiger partial charge in [-0.05, 0) is 23.1 Å². The lowest BCUT2D eigenvalue weighted by Gasteiger charge is -2.19. The van der Waals surface area contributed by atoms with Crippen molar-refractivity contribution < 1.29 is 21.6 Å². The van der Waals surface area contributed by atoms with Crippen molar-refractivity contribution in [2.75, 3.05) is 24.6 Å². The minimum atomic E-state index is -3.69. The van der Waals surface area contributed by atoms with Gasteiger partial charge < -0.3 is 5.32 Å². The van der Waals surface area contributed by atoms with Gasteiger partial charge in [-0.1, -0.05) is 39.8 Å². The predicted molar refractivity (Wildman–Crippen MR) is 102 cm³/mol. The van der Waals surface area contributed by atoms with Crippen LogP contribution in [0.2, 0.25) is 0 Å². The fourth-order valence-corrected chi connectivity index (χ4v) is 3.83. The summed E-state index contributed by atoms with van der Waals surface area (Å²) in [5, 5.41) is 2.47. The Labute approximate surface area is 156 Å². The Kier molecular flexibility index (Phi) is 7.79. The Morgan fingerprint density at radius 2 is 1.58 bits per heavy atom. The zero-order valence-electron chi connectivity index (χ0n) is 15.7. The molecule has 1 aromatic rings. The van der Waals surface area contributed by atoms with Crippen molar-refractivity contribution in [1.82, 2.24) is 10.0 Å². The van der Waals surface area contributed by atoms with Gasteiger partial charge in [0.1, 0.15) is 0 Å². The highest BCUT2D eigenvalue weighted by atomic mass is 32.2. The third-order valence-electron chi connectivity index (χ3n) is 3.85. The minimum Gasteiger partial charge on any atom is -0.355 e. The van der Waals surface area contributed by atoms with Crippen LogP contribution in [0.15, 0.2) is 29.2 Å². The second-order valence-corrected chi connectivity index (χ2v) is 11.2. The number of sulfonamides is 1. The predicted octanol–water partition coefficient (Wildman–Crippen LogP) is 1.20. The van der Waals surface area contributed by atoms with Crippen molar-refractivity contribution in [2.45, 2.75) is 44.4 Å². The van der Waals surface area contributed by atoms with E-state index in [-0.39, 0.29) is 41.3 Å². The SMILES string of the molecule is CCS(=O)(=O)CCNC(=O)CCNS(=O)(=O)c1ccc(C(C)(C)C)cc1. The summed E-state index contributed by atoms with van der Waals surface area (Å²) < 4.78 is 49.5. The molecule has 1 aromatic carbocycles. The van der Waals surface area contributed by atoms with E-state index < -0.39 is 25.8 Å². The molecule has 9 heteroatoms. The number of benzene rings is 1. The Morgan fingerprint density at radius 3 is 2.08 bits per heavy atom. The van der Waals surface area contributed by atoms with Crippen LogP contribution in [0.1, 0.15) is 39.7 Å². The second-order valence-electron chi connectivity index (χ2n) is 7.01. The summed E-state index contributed by atoms with van der Waals surface area (Å²) in [6, 6.07) is 6.63. The molecule has 0 atom stereocenters. The van der Waals surface area contributed by atoms with Gasteiger partial charge in [-0.25, -0.2) is 21.6 Å². The van der Waals surface area contributed by atoms with Crippen molar-refractivity contribution in [2.24, 2.45) is 0 Å². The van der Waals surface area contributed by atoms with Crippen LogP contribution in [0, 0.1) is 0 Å². The van der Waals surface area contributed by atoms with Crippen molar-refractivity contribution >= 4 is 25.8 Å². The smallest absolute Gasteiger partial charge is 0.240 e. The van der Waals surface area contributed by atoms with Gasteiger partial charge >= 0.3 is 0 Å². The monoisotopic (exact) mass is 404 g/mol. The molecule has 0 saturated carbocycles. The van der Waals surface area contributed by atoms with Crippen molar-refractivity contribution in [3.8, 4) is 0 Å². The van der Waals surface area contributed by atoms with Crippen LogP contribution >= 0.6 is 0 Å². The van der Waals surface area contributed by atoms with Gasteiger partial charge in [0.15, 0.2) is 9.84 Å². The van der Waals surface area contributed by atoms with E-state index in [0.29, 0.717) is 0 Å². The maximum atomic E-state index is 12.2. The van der Waals surface area contributed by atoms with E-state index in [2.05, 4.69) is 10.0 Å². The van der Waals surface area contributed by atoms with Crippen molar-refractivity contribution in [3.63, 3.8) is 0 Å². The maximum Gasteiger partial charge on any atom is 0.240 e. The highest BCUT2D eigenvalue weighted by Crippen LogP contribution is 2.23. The lowest BCUT2D eigenvalue weighted by Crippen LogP contribution is -2.33. The molecule has 0 aliphatic heterocycles. The molecule has 0 bridgehead atoms. The zero-order valence-corrected chi connectivity index (χ0v) is 17.3. The summed E-state index contributed by atoms with van der Waals surface area (Å²) >= 11 is 0. The normalized spacial score (nSPS) is 12.8. The first-order valence-corrected chi connectivity index (χ1v) is 11.8. The molecule has 0 heterocycles. The molecule has 0 saturated heterocycles. The Balaban J connectivity index is 2.50. The summed E-state index contributed by atoms with van der Waals surface area (Å²) in [5.74, 6) is -0.500. The van der Waals surface area contributed by atoms with Gasteiger partial charge in [0, 0.05) is 25.3 Å². The topological polar surface area (TPSA) is 109 Å². The highest BCUT2D eigenvalue weighted by Gasteiger charge is 2.17. The average molecular weight is 405 g/mol. The molecular formula is C17H28N2O5S2. The molecule has 148 valence electrons. The molecule has 0 spiro atoms. The molecule has 26 heavy (non-hydrogen) atoms. The number of hydrogen-bond acceptors (Lipinski definition) is 5. The maximum absolute atomic E-state index is 12.2. The number of carbonyl (C=O) groups is 1. The molecule has 0 aliphatic carbocycles. The Hall–Kier alpha value is -1.45. The molecule has 0 aromatic heterocycles. The van der Waals surface area contributed by atoms with Crippen LogP contribution in [0.4, 0.5) is 0 Å². The van der Waals surface area contributed by atoms with E-state index in [9.17, 15) is 21.6 Å². The van der Waals surface area contributed by atoms with E-state index in [4.69, 9.17) is 0 Å². The first-order valence-electron chi connectivity index (χ1n) is 8.45. The molecule has 0 unspecified atom stereocenters. The zero-order chi connectivity index (χ0) is 20.0. The van der Waals surface area contributed by atoms with Gasteiger partial charge in [0.2, 0.25) is 15.9 Å². The second kappa shape index (κ2) is 8.96. The number of nitrogens with one attached hydrogen (secondary N) is 2. The standard InChI is InChI=1S/C17H28N2O5S2/c1-5-25(21,22)13-12-18-16(20)10-11-19-26(23,24)15-8-6-14(7-9-15)17(2,3)4/h6-9,19H,5,10-13H2,1-4H3,(H,18,20). The van der Waals surface area contributed by atoms with Crippen molar-refractivity contribution in [3.05, 3.63) is 29.8 Å². The van der Waals surface area contributed by atoms with Gasteiger partial charge in [-0.15, -0.1) is 0 Å².